The summed E-state index contributed by atoms with van der Waals surface area (Å²) in [5.74, 6) is -1.22. The molecule has 0 spiro atoms. The Morgan fingerprint density at radius 1 is 0.971 bits per heavy atom. The first-order valence-electron chi connectivity index (χ1n) is 10.2. The second-order valence-electron chi connectivity index (χ2n) is 7.38. The molecule has 34 heavy (non-hydrogen) atoms. The summed E-state index contributed by atoms with van der Waals surface area (Å²) in [6, 6.07) is 22.0. The largest absolute Gasteiger partial charge is 0.326 e. The van der Waals surface area contributed by atoms with Gasteiger partial charge in [0.1, 0.15) is 6.04 Å². The number of nitrogens with one attached hydrogen (secondary N) is 2. The summed E-state index contributed by atoms with van der Waals surface area (Å²) in [5, 5.41) is 4.18. The first-order valence-corrected chi connectivity index (χ1v) is 12.5. The molecule has 3 aromatic rings. The van der Waals surface area contributed by atoms with Crippen molar-refractivity contribution in [1.82, 2.24) is 10.4 Å². The highest BCUT2D eigenvalue weighted by atomic mass is 127. The monoisotopic (exact) mass is 648 g/mol. The van der Waals surface area contributed by atoms with Crippen molar-refractivity contribution in [3.05, 3.63) is 92.5 Å². The quantitative estimate of drug-likeness (QED) is 0.299. The second-order valence-corrected chi connectivity index (χ2v) is 9.91. The Morgan fingerprint density at radius 2 is 1.62 bits per heavy atom. The number of anilines is 2. The van der Waals surface area contributed by atoms with Crippen molar-refractivity contribution in [3.63, 3.8) is 0 Å². The Balaban J connectivity index is 1.58. The van der Waals surface area contributed by atoms with Gasteiger partial charge in [0.25, 0.3) is 11.8 Å². The van der Waals surface area contributed by atoms with Crippen molar-refractivity contribution < 1.29 is 14.4 Å². The minimum Gasteiger partial charge on any atom is -0.326 e. The molecule has 1 heterocycles. The maximum atomic E-state index is 13.4. The summed E-state index contributed by atoms with van der Waals surface area (Å²) in [5.41, 5.74) is 4.27. The molecule has 1 aliphatic heterocycles. The molecule has 3 amide bonds. The number of para-hydroxylation sites is 1. The molecule has 172 valence electrons. The number of carbonyl (C=O) groups excluding carboxylic acids is 3. The minimum absolute atomic E-state index is 0.0914. The van der Waals surface area contributed by atoms with Crippen molar-refractivity contribution in [1.29, 1.82) is 0 Å². The molecule has 10 heteroatoms. The van der Waals surface area contributed by atoms with E-state index in [1.54, 1.807) is 60.7 Å². The van der Waals surface area contributed by atoms with Crippen molar-refractivity contribution in [2.75, 3.05) is 10.2 Å². The third-order valence-electron chi connectivity index (χ3n) is 5.06. The Bertz CT molecular complexity index is 1240. The molecule has 3 aromatic carbocycles. The number of thiocarbonyl (C=S) groups is 1. The molecule has 1 aliphatic rings. The molecular formula is C24H18BrIN4O3S. The van der Waals surface area contributed by atoms with Crippen LogP contribution in [0.4, 0.5) is 11.4 Å². The lowest BCUT2D eigenvalue weighted by molar-refractivity contribution is -0.124. The van der Waals surface area contributed by atoms with Crippen molar-refractivity contribution in [2.24, 2.45) is 0 Å². The molecule has 1 fully saturated rings. The van der Waals surface area contributed by atoms with E-state index >= 15 is 0 Å². The molecule has 7 nitrogen and oxygen atoms in total. The summed E-state index contributed by atoms with van der Waals surface area (Å²) in [6.45, 7) is 0. The van der Waals surface area contributed by atoms with Gasteiger partial charge in [0.2, 0.25) is 11.0 Å². The maximum Gasteiger partial charge on any atom is 0.269 e. The molecule has 0 aromatic heterocycles. The molecule has 1 atom stereocenters. The van der Waals surface area contributed by atoms with Crippen molar-refractivity contribution in [2.45, 2.75) is 12.5 Å². The zero-order chi connectivity index (χ0) is 24.2. The number of hydrogen-bond donors (Lipinski definition) is 2. The average molecular weight is 649 g/mol. The van der Waals surface area contributed by atoms with E-state index < -0.39 is 17.9 Å². The van der Waals surface area contributed by atoms with Crippen LogP contribution >= 0.6 is 50.7 Å². The standard InChI is InChI=1S/C24H18BrIN4O3S/c25-16-8-6-15(7-9-16)22(32)28-30-20(14-21(31)27-18-12-10-17(26)11-13-18)23(33)29(24(30)34)19-4-2-1-3-5-19/h1-13,20H,14H2,(H,27,31)(H,28,32). The summed E-state index contributed by atoms with van der Waals surface area (Å²) in [7, 11) is 0. The molecular weight excluding hydrogens is 631 g/mol. The fourth-order valence-electron chi connectivity index (χ4n) is 3.41. The molecule has 0 radical (unpaired) electrons. The zero-order valence-corrected chi connectivity index (χ0v) is 22.1. The predicted octanol–water partition coefficient (Wildman–Crippen LogP) is 4.73. The molecule has 0 aliphatic carbocycles. The molecule has 0 bridgehead atoms. The number of carbonyl (C=O) groups is 3. The van der Waals surface area contributed by atoms with Crippen LogP contribution in [0.15, 0.2) is 83.3 Å². The summed E-state index contributed by atoms with van der Waals surface area (Å²) >= 11 is 11.1. The van der Waals surface area contributed by atoms with E-state index in [1.807, 2.05) is 18.2 Å². The Hall–Kier alpha value is -2.83. The third kappa shape index (κ3) is 5.45. The highest BCUT2D eigenvalue weighted by Gasteiger charge is 2.45. The van der Waals surface area contributed by atoms with E-state index in [0.717, 1.165) is 8.04 Å². The summed E-state index contributed by atoms with van der Waals surface area (Å²) < 4.78 is 1.86. The van der Waals surface area contributed by atoms with Crippen molar-refractivity contribution >= 4 is 84.9 Å². The van der Waals surface area contributed by atoms with E-state index in [0.29, 0.717) is 16.9 Å². The Kier molecular flexibility index (Phi) is 7.59. The number of hydrogen-bond acceptors (Lipinski definition) is 4. The summed E-state index contributed by atoms with van der Waals surface area (Å²) in [6.07, 6.45) is -0.199. The van der Waals surface area contributed by atoms with Crippen LogP contribution in [-0.2, 0) is 9.59 Å². The molecule has 1 saturated heterocycles. The zero-order valence-electron chi connectivity index (χ0n) is 17.6. The lowest BCUT2D eigenvalue weighted by Gasteiger charge is -2.24. The molecule has 0 saturated carbocycles. The van der Waals surface area contributed by atoms with Gasteiger partial charge in [-0.1, -0.05) is 34.1 Å². The topological polar surface area (TPSA) is 81.8 Å². The fraction of sp³-hybridized carbons (Fsp3) is 0.0833. The highest BCUT2D eigenvalue weighted by molar-refractivity contribution is 14.1. The van der Waals surface area contributed by atoms with Gasteiger partial charge in [-0.05, 0) is 95.5 Å². The SMILES string of the molecule is O=C(CC1C(=O)N(c2ccccc2)C(=S)N1NC(=O)c1ccc(Br)cc1)Nc1ccc(I)cc1. The molecule has 1 unspecified atom stereocenters. The number of halogens is 2. The maximum absolute atomic E-state index is 13.4. The normalized spacial score (nSPS) is 15.4. The van der Waals surface area contributed by atoms with Crippen LogP contribution in [0.2, 0.25) is 0 Å². The van der Waals surface area contributed by atoms with Crippen LogP contribution in [0.5, 0.6) is 0 Å². The van der Waals surface area contributed by atoms with Crippen LogP contribution in [0.3, 0.4) is 0 Å². The fourth-order valence-corrected chi connectivity index (χ4v) is 4.40. The Labute approximate surface area is 223 Å². The van der Waals surface area contributed by atoms with Gasteiger partial charge in [-0.2, -0.15) is 0 Å². The molecule has 2 N–H and O–H groups in total. The van der Waals surface area contributed by atoms with Crippen LogP contribution in [0, 0.1) is 3.57 Å². The van der Waals surface area contributed by atoms with Gasteiger partial charge < -0.3 is 5.32 Å². The number of nitrogens with zero attached hydrogens (tertiary/aromatic N) is 2. The van der Waals surface area contributed by atoms with Gasteiger partial charge in [0, 0.05) is 19.3 Å². The van der Waals surface area contributed by atoms with Gasteiger partial charge in [0.15, 0.2) is 0 Å². The van der Waals surface area contributed by atoms with Gasteiger partial charge >= 0.3 is 0 Å². The van der Waals surface area contributed by atoms with Gasteiger partial charge in [0.05, 0.1) is 12.1 Å². The van der Waals surface area contributed by atoms with Crippen LogP contribution < -0.4 is 15.6 Å². The van der Waals surface area contributed by atoms with Crippen LogP contribution in [0.25, 0.3) is 0 Å². The first-order chi connectivity index (χ1) is 16.3. The average Bonchev–Trinajstić information content (AvgIpc) is 3.05. The first kappa shape index (κ1) is 24.3. The third-order valence-corrected chi connectivity index (χ3v) is 6.69. The lowest BCUT2D eigenvalue weighted by atomic mass is 10.1. The smallest absolute Gasteiger partial charge is 0.269 e. The predicted molar refractivity (Wildman–Crippen MR) is 146 cm³/mol. The highest BCUT2D eigenvalue weighted by Crippen LogP contribution is 2.26. The van der Waals surface area contributed by atoms with E-state index in [2.05, 4.69) is 49.3 Å². The van der Waals surface area contributed by atoms with E-state index in [4.69, 9.17) is 12.2 Å². The van der Waals surface area contributed by atoms with E-state index in [-0.39, 0.29) is 17.4 Å². The van der Waals surface area contributed by atoms with E-state index in [9.17, 15) is 14.4 Å². The lowest BCUT2D eigenvalue weighted by Crippen LogP contribution is -2.49. The number of benzene rings is 3. The summed E-state index contributed by atoms with van der Waals surface area (Å²) in [4.78, 5) is 40.4. The van der Waals surface area contributed by atoms with Crippen LogP contribution in [0.1, 0.15) is 16.8 Å². The number of amides is 3. The van der Waals surface area contributed by atoms with Crippen molar-refractivity contribution in [3.8, 4) is 0 Å². The number of rotatable bonds is 6. The van der Waals surface area contributed by atoms with Gasteiger partial charge in [-0.25, -0.2) is 5.01 Å². The molecule has 4 rings (SSSR count). The van der Waals surface area contributed by atoms with E-state index in [1.165, 1.54) is 9.91 Å². The van der Waals surface area contributed by atoms with Gasteiger partial charge in [-0.15, -0.1) is 0 Å². The van der Waals surface area contributed by atoms with Crippen LogP contribution in [-0.4, -0.2) is 33.9 Å². The minimum atomic E-state index is -1.00. The number of hydrazine groups is 1. The Morgan fingerprint density at radius 3 is 2.26 bits per heavy atom. The van der Waals surface area contributed by atoms with Gasteiger partial charge in [-0.3, -0.25) is 24.7 Å². The second kappa shape index (κ2) is 10.6.